The van der Waals surface area contributed by atoms with Gasteiger partial charge in [0.15, 0.2) is 5.75 Å². The molecular formula is C22H24N2O2. The minimum Gasteiger partial charge on any atom is -0.452 e. The van der Waals surface area contributed by atoms with Crippen molar-refractivity contribution >= 4 is 23.1 Å². The third kappa shape index (κ3) is 4.14. The molecule has 4 rings (SSSR count). The van der Waals surface area contributed by atoms with Crippen molar-refractivity contribution < 1.29 is 9.47 Å². The molecule has 0 N–H and O–H groups in total. The summed E-state index contributed by atoms with van der Waals surface area (Å²) in [4.78, 5) is 4.08. The molecule has 0 radical (unpaired) electrons. The Labute approximate surface area is 154 Å². The predicted molar refractivity (Wildman–Crippen MR) is 107 cm³/mol. The van der Waals surface area contributed by atoms with Crippen molar-refractivity contribution in [3.8, 4) is 11.6 Å². The standard InChI is InChI=1S/C13H15N.C9H9NO2/c1-3-4-5-11-6-7-12-8-9-14(2)13(12)10-11;1-2-3-7-4-8-9(10-5-7)12-6-11-8/h4-10H,3H2,1-2H3;2-5H,6H2,1H3/b5-4+;3-2+. The normalized spacial score (nSPS) is 12.7. The molecule has 1 aliphatic rings. The molecule has 0 amide bonds. The van der Waals surface area contributed by atoms with E-state index >= 15 is 0 Å². The highest BCUT2D eigenvalue weighted by Gasteiger charge is 2.13. The highest BCUT2D eigenvalue weighted by molar-refractivity contribution is 5.82. The number of fused-ring (bicyclic) bond motifs is 2. The summed E-state index contributed by atoms with van der Waals surface area (Å²) in [7, 11) is 2.08. The molecule has 0 unspecified atom stereocenters. The Morgan fingerprint density at radius 1 is 1.12 bits per heavy atom. The van der Waals surface area contributed by atoms with E-state index in [9.17, 15) is 0 Å². The van der Waals surface area contributed by atoms with Gasteiger partial charge in [-0.1, -0.05) is 43.4 Å². The second kappa shape index (κ2) is 8.39. The van der Waals surface area contributed by atoms with Crippen LogP contribution in [0.15, 0.2) is 54.9 Å². The average molecular weight is 348 g/mol. The highest BCUT2D eigenvalue weighted by atomic mass is 16.7. The molecule has 0 bridgehead atoms. The number of hydrogen-bond donors (Lipinski definition) is 0. The summed E-state index contributed by atoms with van der Waals surface area (Å²) in [5.41, 5.74) is 3.60. The first kappa shape index (κ1) is 17.8. The lowest BCUT2D eigenvalue weighted by molar-refractivity contribution is 0.171. The first-order chi connectivity index (χ1) is 12.7. The van der Waals surface area contributed by atoms with Gasteiger partial charge in [0.25, 0.3) is 5.88 Å². The molecule has 134 valence electrons. The first-order valence-corrected chi connectivity index (χ1v) is 8.81. The fraction of sp³-hybridized carbons (Fsp3) is 0.227. The Bertz CT molecular complexity index is 938. The lowest BCUT2D eigenvalue weighted by Gasteiger charge is -1.98. The van der Waals surface area contributed by atoms with Crippen LogP contribution >= 0.6 is 0 Å². The Morgan fingerprint density at radius 3 is 2.81 bits per heavy atom. The van der Waals surface area contributed by atoms with Crippen molar-refractivity contribution in [3.63, 3.8) is 0 Å². The molecule has 0 aliphatic carbocycles. The number of pyridine rings is 1. The number of allylic oxidation sites excluding steroid dienone is 2. The second-order valence-electron chi connectivity index (χ2n) is 6.03. The fourth-order valence-corrected chi connectivity index (χ4v) is 2.73. The van der Waals surface area contributed by atoms with Crippen molar-refractivity contribution in [2.75, 3.05) is 6.79 Å². The Hall–Kier alpha value is -3.01. The Balaban J connectivity index is 0.000000152. The van der Waals surface area contributed by atoms with Crippen LogP contribution in [-0.4, -0.2) is 16.3 Å². The third-order valence-electron chi connectivity index (χ3n) is 4.07. The van der Waals surface area contributed by atoms with Gasteiger partial charge in [-0.25, -0.2) is 4.98 Å². The number of aryl methyl sites for hydroxylation is 1. The van der Waals surface area contributed by atoms with Gasteiger partial charge in [0.05, 0.1) is 0 Å². The van der Waals surface area contributed by atoms with Crippen molar-refractivity contribution in [1.82, 2.24) is 9.55 Å². The zero-order chi connectivity index (χ0) is 18.4. The molecule has 0 atom stereocenters. The van der Waals surface area contributed by atoms with Crippen LogP contribution in [0, 0.1) is 0 Å². The zero-order valence-corrected chi connectivity index (χ0v) is 15.5. The lowest BCUT2D eigenvalue weighted by atomic mass is 10.1. The van der Waals surface area contributed by atoms with Crippen molar-refractivity contribution in [3.05, 3.63) is 66.0 Å². The van der Waals surface area contributed by atoms with Crippen LogP contribution in [0.3, 0.4) is 0 Å². The average Bonchev–Trinajstić information content (AvgIpc) is 3.27. The number of benzene rings is 1. The third-order valence-corrected chi connectivity index (χ3v) is 4.07. The van der Waals surface area contributed by atoms with Gasteiger partial charge in [-0.3, -0.25) is 0 Å². The van der Waals surface area contributed by atoms with Crippen LogP contribution in [0.5, 0.6) is 11.6 Å². The van der Waals surface area contributed by atoms with Gasteiger partial charge in [-0.05, 0) is 48.1 Å². The second-order valence-corrected chi connectivity index (χ2v) is 6.03. The van der Waals surface area contributed by atoms with Crippen LogP contribution in [0.25, 0.3) is 23.1 Å². The molecule has 0 spiro atoms. The molecule has 1 aliphatic heterocycles. The molecular weight excluding hydrogens is 324 g/mol. The van der Waals surface area contributed by atoms with Gasteiger partial charge < -0.3 is 14.0 Å². The maximum atomic E-state index is 5.17. The zero-order valence-electron chi connectivity index (χ0n) is 15.5. The number of nitrogens with zero attached hydrogens (tertiary/aromatic N) is 2. The van der Waals surface area contributed by atoms with Gasteiger partial charge >= 0.3 is 0 Å². The number of rotatable bonds is 3. The summed E-state index contributed by atoms with van der Waals surface area (Å²) in [5.74, 6) is 1.31. The molecule has 0 fully saturated rings. The molecule has 1 aromatic carbocycles. The summed E-state index contributed by atoms with van der Waals surface area (Å²) < 4.78 is 12.4. The molecule has 4 heteroatoms. The van der Waals surface area contributed by atoms with Gasteiger partial charge in [-0.2, -0.15) is 0 Å². The lowest BCUT2D eigenvalue weighted by Crippen LogP contribution is -1.93. The molecule has 4 nitrogen and oxygen atoms in total. The SMILES string of the molecule is C/C=C/c1cnc2c(c1)OCO2.CC/C=C/c1ccc2ccn(C)c2c1. The van der Waals surface area contributed by atoms with Gasteiger partial charge in [-0.15, -0.1) is 0 Å². The summed E-state index contributed by atoms with van der Waals surface area (Å²) in [6.45, 7) is 4.39. The molecule has 3 aromatic rings. The van der Waals surface area contributed by atoms with Gasteiger partial charge in [0, 0.05) is 25.0 Å². The van der Waals surface area contributed by atoms with Crippen LogP contribution in [0.2, 0.25) is 0 Å². The van der Waals surface area contributed by atoms with Crippen molar-refractivity contribution in [1.29, 1.82) is 0 Å². The van der Waals surface area contributed by atoms with Gasteiger partial charge in [0.1, 0.15) is 0 Å². The smallest absolute Gasteiger partial charge is 0.260 e. The van der Waals surface area contributed by atoms with E-state index in [4.69, 9.17) is 9.47 Å². The molecule has 3 heterocycles. The molecule has 0 saturated heterocycles. The van der Waals surface area contributed by atoms with E-state index < -0.39 is 0 Å². The van der Waals surface area contributed by atoms with Crippen LogP contribution in [0.1, 0.15) is 31.4 Å². The van der Waals surface area contributed by atoms with E-state index in [1.807, 2.05) is 25.1 Å². The Kier molecular flexibility index (Phi) is 5.74. The van der Waals surface area contributed by atoms with Crippen molar-refractivity contribution in [2.24, 2.45) is 7.05 Å². The predicted octanol–water partition coefficient (Wildman–Crippen LogP) is 5.44. The van der Waals surface area contributed by atoms with Gasteiger partial charge in [0.2, 0.25) is 6.79 Å². The van der Waals surface area contributed by atoms with E-state index in [2.05, 4.69) is 66.1 Å². The molecule has 26 heavy (non-hydrogen) atoms. The highest BCUT2D eigenvalue weighted by Crippen LogP contribution is 2.29. The largest absolute Gasteiger partial charge is 0.452 e. The summed E-state index contributed by atoms with van der Waals surface area (Å²) in [6, 6.07) is 10.6. The molecule has 0 saturated carbocycles. The molecule has 2 aromatic heterocycles. The summed E-state index contributed by atoms with van der Waals surface area (Å²) >= 11 is 0. The summed E-state index contributed by atoms with van der Waals surface area (Å²) in [6.07, 6.45) is 13.2. The maximum absolute atomic E-state index is 5.17. The first-order valence-electron chi connectivity index (χ1n) is 8.81. The van der Waals surface area contributed by atoms with Crippen LogP contribution in [0.4, 0.5) is 0 Å². The minimum absolute atomic E-state index is 0.279. The van der Waals surface area contributed by atoms with Crippen LogP contribution in [-0.2, 0) is 7.05 Å². The van der Waals surface area contributed by atoms with E-state index in [-0.39, 0.29) is 6.79 Å². The van der Waals surface area contributed by atoms with E-state index in [1.54, 1.807) is 6.20 Å². The number of aromatic nitrogens is 2. The van der Waals surface area contributed by atoms with E-state index in [0.717, 1.165) is 17.7 Å². The summed E-state index contributed by atoms with van der Waals surface area (Å²) in [5, 5.41) is 1.31. The van der Waals surface area contributed by atoms with E-state index in [0.29, 0.717) is 5.88 Å². The monoisotopic (exact) mass is 348 g/mol. The van der Waals surface area contributed by atoms with Crippen molar-refractivity contribution in [2.45, 2.75) is 20.3 Å². The Morgan fingerprint density at radius 2 is 2.00 bits per heavy atom. The van der Waals surface area contributed by atoms with E-state index in [1.165, 1.54) is 16.5 Å². The quantitative estimate of drug-likeness (QED) is 0.632. The number of hydrogen-bond acceptors (Lipinski definition) is 3. The van der Waals surface area contributed by atoms with Crippen LogP contribution < -0.4 is 9.47 Å². The maximum Gasteiger partial charge on any atom is 0.260 e. The topological polar surface area (TPSA) is 36.3 Å². The number of ether oxygens (including phenoxy) is 2. The minimum atomic E-state index is 0.279. The fourth-order valence-electron chi connectivity index (χ4n) is 2.73.